The fourth-order valence-electron chi connectivity index (χ4n) is 1.92. The zero-order chi connectivity index (χ0) is 12.8. The molecule has 0 fully saturated rings. The molecule has 2 aromatic rings. The van der Waals surface area contributed by atoms with Gasteiger partial charge >= 0.3 is 0 Å². The van der Waals surface area contributed by atoms with Gasteiger partial charge in [-0.3, -0.25) is 0 Å². The van der Waals surface area contributed by atoms with Crippen molar-refractivity contribution in [3.8, 4) is 0 Å². The van der Waals surface area contributed by atoms with Crippen LogP contribution in [0.2, 0.25) is 0 Å². The third-order valence-electron chi connectivity index (χ3n) is 2.96. The van der Waals surface area contributed by atoms with E-state index in [2.05, 4.69) is 66.8 Å². The predicted molar refractivity (Wildman–Crippen MR) is 80.1 cm³/mol. The van der Waals surface area contributed by atoms with E-state index in [4.69, 9.17) is 0 Å². The van der Waals surface area contributed by atoms with E-state index in [0.717, 1.165) is 5.75 Å². The molecule has 1 atom stereocenters. The molecule has 94 valence electrons. The SMILES string of the molecule is CNC(CSc1cccc(C)c1)c1ccccc1. The quantitative estimate of drug-likeness (QED) is 0.811. The Morgan fingerprint density at radius 1 is 1.06 bits per heavy atom. The molecule has 2 heteroatoms. The zero-order valence-corrected chi connectivity index (χ0v) is 11.7. The van der Waals surface area contributed by atoms with Crippen molar-refractivity contribution in [3.63, 3.8) is 0 Å². The monoisotopic (exact) mass is 257 g/mol. The summed E-state index contributed by atoms with van der Waals surface area (Å²) in [5.41, 5.74) is 2.67. The highest BCUT2D eigenvalue weighted by Crippen LogP contribution is 2.25. The molecule has 0 aliphatic heterocycles. The number of hydrogen-bond acceptors (Lipinski definition) is 2. The van der Waals surface area contributed by atoms with Gasteiger partial charge in [0.05, 0.1) is 0 Å². The Balaban J connectivity index is 2.00. The molecule has 2 rings (SSSR count). The minimum Gasteiger partial charge on any atom is -0.312 e. The fraction of sp³-hybridized carbons (Fsp3) is 0.250. The van der Waals surface area contributed by atoms with Crippen molar-refractivity contribution in [3.05, 3.63) is 65.7 Å². The topological polar surface area (TPSA) is 12.0 Å². The molecular weight excluding hydrogens is 238 g/mol. The van der Waals surface area contributed by atoms with Gasteiger partial charge in [0, 0.05) is 16.7 Å². The van der Waals surface area contributed by atoms with Gasteiger partial charge in [-0.05, 0) is 31.7 Å². The maximum atomic E-state index is 3.38. The lowest BCUT2D eigenvalue weighted by Gasteiger charge is -2.16. The highest BCUT2D eigenvalue weighted by Gasteiger charge is 2.08. The zero-order valence-electron chi connectivity index (χ0n) is 10.9. The number of hydrogen-bond donors (Lipinski definition) is 1. The largest absolute Gasteiger partial charge is 0.312 e. The van der Waals surface area contributed by atoms with Gasteiger partial charge in [0.1, 0.15) is 0 Å². The average molecular weight is 257 g/mol. The van der Waals surface area contributed by atoms with Crippen molar-refractivity contribution in [2.24, 2.45) is 0 Å². The Morgan fingerprint density at radius 2 is 1.83 bits per heavy atom. The Morgan fingerprint density at radius 3 is 2.50 bits per heavy atom. The molecule has 1 unspecified atom stereocenters. The molecular formula is C16H19NS. The molecule has 0 bridgehead atoms. The summed E-state index contributed by atoms with van der Waals surface area (Å²) < 4.78 is 0. The lowest BCUT2D eigenvalue weighted by molar-refractivity contribution is 0.662. The van der Waals surface area contributed by atoms with Crippen LogP contribution in [0.3, 0.4) is 0 Å². The highest BCUT2D eigenvalue weighted by molar-refractivity contribution is 7.99. The van der Waals surface area contributed by atoms with Crippen molar-refractivity contribution < 1.29 is 0 Å². The lowest BCUT2D eigenvalue weighted by atomic mass is 10.1. The van der Waals surface area contributed by atoms with Crippen molar-refractivity contribution in [1.29, 1.82) is 0 Å². The minimum absolute atomic E-state index is 0.400. The Labute approximate surface area is 114 Å². The number of nitrogens with one attached hydrogen (secondary N) is 1. The Bertz CT molecular complexity index is 481. The van der Waals surface area contributed by atoms with Gasteiger partial charge in [-0.1, -0.05) is 48.0 Å². The molecule has 2 aromatic carbocycles. The van der Waals surface area contributed by atoms with Crippen molar-refractivity contribution in [1.82, 2.24) is 5.32 Å². The summed E-state index contributed by atoms with van der Waals surface area (Å²) in [6, 6.07) is 19.7. The summed E-state index contributed by atoms with van der Waals surface area (Å²) in [6.45, 7) is 2.14. The van der Waals surface area contributed by atoms with Crippen LogP contribution in [0.5, 0.6) is 0 Å². The van der Waals surface area contributed by atoms with Crippen LogP contribution in [-0.4, -0.2) is 12.8 Å². The van der Waals surface area contributed by atoms with Crippen LogP contribution in [0.4, 0.5) is 0 Å². The van der Waals surface area contributed by atoms with E-state index in [9.17, 15) is 0 Å². The smallest absolute Gasteiger partial charge is 0.0412 e. The van der Waals surface area contributed by atoms with Crippen LogP contribution in [0.25, 0.3) is 0 Å². The van der Waals surface area contributed by atoms with Gasteiger partial charge in [-0.15, -0.1) is 11.8 Å². The van der Waals surface area contributed by atoms with Crippen molar-refractivity contribution in [2.45, 2.75) is 17.9 Å². The normalized spacial score (nSPS) is 12.3. The molecule has 0 heterocycles. The number of benzene rings is 2. The van der Waals surface area contributed by atoms with Gasteiger partial charge in [0.2, 0.25) is 0 Å². The van der Waals surface area contributed by atoms with Gasteiger partial charge in [0.25, 0.3) is 0 Å². The van der Waals surface area contributed by atoms with Crippen molar-refractivity contribution in [2.75, 3.05) is 12.8 Å². The van der Waals surface area contributed by atoms with Crippen molar-refractivity contribution >= 4 is 11.8 Å². The molecule has 0 saturated heterocycles. The van der Waals surface area contributed by atoms with Crippen LogP contribution in [-0.2, 0) is 0 Å². The molecule has 1 N–H and O–H groups in total. The number of rotatable bonds is 5. The number of aryl methyl sites for hydroxylation is 1. The van der Waals surface area contributed by atoms with E-state index in [-0.39, 0.29) is 0 Å². The molecule has 1 nitrogen and oxygen atoms in total. The summed E-state index contributed by atoms with van der Waals surface area (Å²) in [4.78, 5) is 1.34. The maximum Gasteiger partial charge on any atom is 0.0412 e. The number of thioether (sulfide) groups is 1. The van der Waals surface area contributed by atoms with Crippen LogP contribution < -0.4 is 5.32 Å². The van der Waals surface area contributed by atoms with E-state index >= 15 is 0 Å². The summed E-state index contributed by atoms with van der Waals surface area (Å²) in [5.74, 6) is 1.05. The fourth-order valence-corrected chi connectivity index (χ4v) is 3.08. The van der Waals surface area contributed by atoms with Crippen LogP contribution in [0.15, 0.2) is 59.5 Å². The van der Waals surface area contributed by atoms with E-state index in [1.165, 1.54) is 16.0 Å². The molecule has 0 aromatic heterocycles. The molecule has 0 amide bonds. The molecule has 0 spiro atoms. The van der Waals surface area contributed by atoms with E-state index in [1.807, 2.05) is 18.8 Å². The van der Waals surface area contributed by atoms with Crippen LogP contribution in [0.1, 0.15) is 17.2 Å². The third-order valence-corrected chi connectivity index (χ3v) is 4.04. The Kier molecular flexibility index (Phi) is 4.85. The van der Waals surface area contributed by atoms with E-state index in [0.29, 0.717) is 6.04 Å². The molecule has 18 heavy (non-hydrogen) atoms. The summed E-state index contributed by atoms with van der Waals surface area (Å²) in [6.07, 6.45) is 0. The standard InChI is InChI=1S/C16H19NS/c1-13-7-6-10-15(11-13)18-12-16(17-2)14-8-4-3-5-9-14/h3-11,16-17H,12H2,1-2H3. The van der Waals surface area contributed by atoms with E-state index in [1.54, 1.807) is 0 Å². The van der Waals surface area contributed by atoms with Gasteiger partial charge in [-0.25, -0.2) is 0 Å². The molecule has 0 radical (unpaired) electrons. The second-order valence-electron chi connectivity index (χ2n) is 4.38. The summed E-state index contributed by atoms with van der Waals surface area (Å²) in [5, 5.41) is 3.38. The molecule has 0 aliphatic carbocycles. The minimum atomic E-state index is 0.400. The van der Waals surface area contributed by atoms with Gasteiger partial charge in [0.15, 0.2) is 0 Å². The maximum absolute atomic E-state index is 3.38. The molecule has 0 aliphatic rings. The van der Waals surface area contributed by atoms with Gasteiger partial charge in [-0.2, -0.15) is 0 Å². The first-order valence-corrected chi connectivity index (χ1v) is 7.20. The average Bonchev–Trinajstić information content (AvgIpc) is 2.41. The first-order chi connectivity index (χ1) is 8.79. The second kappa shape index (κ2) is 6.62. The first-order valence-electron chi connectivity index (χ1n) is 6.21. The van der Waals surface area contributed by atoms with E-state index < -0.39 is 0 Å². The van der Waals surface area contributed by atoms with Gasteiger partial charge < -0.3 is 5.32 Å². The highest BCUT2D eigenvalue weighted by atomic mass is 32.2. The van der Waals surface area contributed by atoms with Crippen LogP contribution in [0, 0.1) is 6.92 Å². The lowest BCUT2D eigenvalue weighted by Crippen LogP contribution is -2.18. The van der Waals surface area contributed by atoms with Crippen LogP contribution >= 0.6 is 11.8 Å². The Hall–Kier alpha value is -1.25. The second-order valence-corrected chi connectivity index (χ2v) is 5.47. The predicted octanol–water partition coefficient (Wildman–Crippen LogP) is 4.05. The summed E-state index contributed by atoms with van der Waals surface area (Å²) in [7, 11) is 2.02. The third kappa shape index (κ3) is 3.62. The first kappa shape index (κ1) is 13.2. The molecule has 0 saturated carbocycles. The summed E-state index contributed by atoms with van der Waals surface area (Å²) >= 11 is 1.90.